The van der Waals surface area contributed by atoms with E-state index in [1.165, 1.54) is 5.56 Å². The van der Waals surface area contributed by atoms with Crippen molar-refractivity contribution < 1.29 is 19.0 Å². The van der Waals surface area contributed by atoms with Crippen molar-refractivity contribution in [3.8, 4) is 11.5 Å². The van der Waals surface area contributed by atoms with E-state index in [1.54, 1.807) is 6.92 Å². The second-order valence-corrected chi connectivity index (χ2v) is 6.16. The van der Waals surface area contributed by atoms with Gasteiger partial charge >= 0.3 is 12.3 Å². The van der Waals surface area contributed by atoms with Crippen LogP contribution >= 0.6 is 0 Å². The highest BCUT2D eigenvalue weighted by molar-refractivity contribution is 5.75. The average molecular weight is 326 g/mol. The number of benzene rings is 2. The van der Waals surface area contributed by atoms with Gasteiger partial charge < -0.3 is 14.2 Å². The summed E-state index contributed by atoms with van der Waals surface area (Å²) in [4.78, 5) is 11.8. The van der Waals surface area contributed by atoms with Gasteiger partial charge in [0.2, 0.25) is 0 Å². The summed E-state index contributed by atoms with van der Waals surface area (Å²) in [6.45, 7) is 6.45. The first-order chi connectivity index (χ1) is 11.6. The molecule has 4 heteroatoms. The van der Waals surface area contributed by atoms with Gasteiger partial charge in [-0.15, -0.1) is 0 Å². The zero-order valence-corrected chi connectivity index (χ0v) is 14.2. The van der Waals surface area contributed by atoms with Crippen molar-refractivity contribution in [3.63, 3.8) is 0 Å². The van der Waals surface area contributed by atoms with Crippen LogP contribution in [0.1, 0.15) is 37.8 Å². The van der Waals surface area contributed by atoms with Crippen LogP contribution in [0.25, 0.3) is 0 Å². The molecule has 0 N–H and O–H groups in total. The van der Waals surface area contributed by atoms with Crippen LogP contribution in [-0.2, 0) is 9.53 Å². The number of ether oxygens (including phenoxy) is 3. The summed E-state index contributed by atoms with van der Waals surface area (Å²) in [6.07, 6.45) is -1.01. The van der Waals surface area contributed by atoms with Crippen molar-refractivity contribution in [2.75, 3.05) is 6.61 Å². The zero-order chi connectivity index (χ0) is 17.1. The monoisotopic (exact) mass is 326 g/mol. The highest BCUT2D eigenvalue weighted by Crippen LogP contribution is 2.40. The van der Waals surface area contributed by atoms with Crippen molar-refractivity contribution in [2.45, 2.75) is 33.0 Å². The Hall–Kier alpha value is -2.49. The van der Waals surface area contributed by atoms with E-state index in [-0.39, 0.29) is 5.92 Å². The smallest absolute Gasteiger partial charge is 0.389 e. The lowest BCUT2D eigenvalue weighted by Crippen LogP contribution is -2.30. The first-order valence-corrected chi connectivity index (χ1v) is 8.29. The van der Waals surface area contributed by atoms with Gasteiger partial charge in [0.25, 0.3) is 0 Å². The van der Waals surface area contributed by atoms with Crippen LogP contribution in [0.2, 0.25) is 0 Å². The molecule has 0 bridgehead atoms. The minimum Gasteiger partial charge on any atom is -0.460 e. The summed E-state index contributed by atoms with van der Waals surface area (Å²) < 4.78 is 16.1. The van der Waals surface area contributed by atoms with Crippen LogP contribution in [0.5, 0.6) is 11.5 Å². The maximum Gasteiger partial charge on any atom is 0.389 e. The number of rotatable bonds is 5. The SMILES string of the molecule is CCOC(=O)[C@H]1Oc2ccc([C@@H](c3ccccc3)C(C)C)cc2O1. The quantitative estimate of drug-likeness (QED) is 0.775. The van der Waals surface area contributed by atoms with Crippen molar-refractivity contribution in [3.05, 3.63) is 59.7 Å². The Morgan fingerprint density at radius 2 is 1.75 bits per heavy atom. The van der Waals surface area contributed by atoms with Crippen molar-refractivity contribution >= 4 is 5.97 Å². The summed E-state index contributed by atoms with van der Waals surface area (Å²) in [5.74, 6) is 1.34. The van der Waals surface area contributed by atoms with E-state index in [4.69, 9.17) is 14.2 Å². The zero-order valence-electron chi connectivity index (χ0n) is 14.2. The fourth-order valence-electron chi connectivity index (χ4n) is 3.09. The number of carbonyl (C=O) groups excluding carboxylic acids is 1. The largest absolute Gasteiger partial charge is 0.460 e. The number of hydrogen-bond acceptors (Lipinski definition) is 4. The standard InChI is InChI=1S/C20H22O4/c1-4-22-19(21)20-23-16-11-10-15(12-17(16)24-20)18(13(2)3)14-8-6-5-7-9-14/h5-13,18,20H,4H2,1-3H3/t18-,20+/m1/s1. The fourth-order valence-corrected chi connectivity index (χ4v) is 3.09. The van der Waals surface area contributed by atoms with E-state index in [2.05, 4.69) is 38.1 Å². The van der Waals surface area contributed by atoms with Crippen LogP contribution in [0.15, 0.2) is 48.5 Å². The third-order valence-corrected chi connectivity index (χ3v) is 4.10. The third kappa shape index (κ3) is 3.23. The number of carbonyl (C=O) groups is 1. The molecule has 0 aliphatic carbocycles. The first-order valence-electron chi connectivity index (χ1n) is 8.29. The van der Waals surface area contributed by atoms with Gasteiger partial charge in [0.05, 0.1) is 6.61 Å². The lowest BCUT2D eigenvalue weighted by Gasteiger charge is -2.22. The Morgan fingerprint density at radius 1 is 1.04 bits per heavy atom. The highest BCUT2D eigenvalue weighted by atomic mass is 16.7. The lowest BCUT2D eigenvalue weighted by molar-refractivity contribution is -0.161. The normalized spacial score (nSPS) is 16.9. The van der Waals surface area contributed by atoms with Gasteiger partial charge in [0, 0.05) is 5.92 Å². The molecule has 1 heterocycles. The Balaban J connectivity index is 1.87. The molecule has 0 unspecified atom stereocenters. The van der Waals surface area contributed by atoms with E-state index in [0.29, 0.717) is 24.0 Å². The van der Waals surface area contributed by atoms with Gasteiger partial charge in [-0.1, -0.05) is 50.2 Å². The maximum atomic E-state index is 11.8. The summed E-state index contributed by atoms with van der Waals surface area (Å²) in [6, 6.07) is 16.3. The predicted octanol–water partition coefficient (Wildman–Crippen LogP) is 4.13. The van der Waals surface area contributed by atoms with Gasteiger partial charge in [-0.3, -0.25) is 0 Å². The molecule has 0 aromatic heterocycles. The molecule has 0 fully saturated rings. The molecule has 4 nitrogen and oxygen atoms in total. The van der Waals surface area contributed by atoms with Crippen molar-refractivity contribution in [2.24, 2.45) is 5.92 Å². The minimum absolute atomic E-state index is 0.252. The molecular weight excluding hydrogens is 304 g/mol. The minimum atomic E-state index is -1.01. The number of fused-ring (bicyclic) bond motifs is 1. The molecule has 0 radical (unpaired) electrons. The Morgan fingerprint density at radius 3 is 2.42 bits per heavy atom. The molecule has 2 atom stereocenters. The molecule has 0 spiro atoms. The second kappa shape index (κ2) is 6.95. The van der Waals surface area contributed by atoms with Crippen LogP contribution in [0.4, 0.5) is 0 Å². The predicted molar refractivity (Wildman–Crippen MR) is 91.2 cm³/mol. The maximum absolute atomic E-state index is 11.8. The van der Waals surface area contributed by atoms with Crippen LogP contribution in [-0.4, -0.2) is 18.9 Å². The molecule has 126 valence electrons. The summed E-state index contributed by atoms with van der Waals surface area (Å²) in [7, 11) is 0. The molecule has 1 aliphatic rings. The van der Waals surface area contributed by atoms with Gasteiger partial charge in [-0.2, -0.15) is 0 Å². The number of esters is 1. The summed E-state index contributed by atoms with van der Waals surface area (Å²) in [5, 5.41) is 0. The second-order valence-electron chi connectivity index (χ2n) is 6.16. The molecule has 1 aliphatic heterocycles. The fraction of sp³-hybridized carbons (Fsp3) is 0.350. The third-order valence-electron chi connectivity index (χ3n) is 4.10. The molecule has 0 saturated carbocycles. The van der Waals surface area contributed by atoms with Gasteiger partial charge in [-0.05, 0) is 36.1 Å². The van der Waals surface area contributed by atoms with E-state index < -0.39 is 12.3 Å². The Kier molecular flexibility index (Phi) is 4.74. The Labute approximate surface area is 142 Å². The van der Waals surface area contributed by atoms with Crippen LogP contribution in [0, 0.1) is 5.92 Å². The van der Waals surface area contributed by atoms with Gasteiger partial charge in [0.15, 0.2) is 11.5 Å². The van der Waals surface area contributed by atoms with E-state index >= 15 is 0 Å². The van der Waals surface area contributed by atoms with Crippen LogP contribution < -0.4 is 9.47 Å². The topological polar surface area (TPSA) is 44.8 Å². The summed E-state index contributed by atoms with van der Waals surface area (Å²) in [5.41, 5.74) is 2.40. The molecule has 2 aromatic rings. The molecule has 3 rings (SSSR count). The van der Waals surface area contributed by atoms with E-state index in [0.717, 1.165) is 5.56 Å². The molecule has 0 saturated heterocycles. The van der Waals surface area contributed by atoms with E-state index in [1.807, 2.05) is 24.3 Å². The van der Waals surface area contributed by atoms with Crippen LogP contribution in [0.3, 0.4) is 0 Å². The van der Waals surface area contributed by atoms with E-state index in [9.17, 15) is 4.79 Å². The molecule has 2 aromatic carbocycles. The van der Waals surface area contributed by atoms with Crippen molar-refractivity contribution in [1.29, 1.82) is 0 Å². The summed E-state index contributed by atoms with van der Waals surface area (Å²) >= 11 is 0. The van der Waals surface area contributed by atoms with Gasteiger partial charge in [-0.25, -0.2) is 4.79 Å². The first kappa shape index (κ1) is 16.4. The van der Waals surface area contributed by atoms with Gasteiger partial charge in [0.1, 0.15) is 0 Å². The molecule has 0 amide bonds. The lowest BCUT2D eigenvalue weighted by atomic mass is 9.82. The molecule has 24 heavy (non-hydrogen) atoms. The number of hydrogen-bond donors (Lipinski definition) is 0. The highest BCUT2D eigenvalue weighted by Gasteiger charge is 2.33. The van der Waals surface area contributed by atoms with Crippen molar-refractivity contribution in [1.82, 2.24) is 0 Å². The average Bonchev–Trinajstić information content (AvgIpc) is 2.99. The Bertz CT molecular complexity index is 709. The molecular formula is C20H22O4.